The van der Waals surface area contributed by atoms with E-state index in [1.807, 2.05) is 0 Å². The molecule has 25 heavy (non-hydrogen) atoms. The number of carbonyl (C=O) groups is 2. The number of sulfonamides is 1. The zero-order chi connectivity index (χ0) is 18.6. The predicted octanol–water partition coefficient (Wildman–Crippen LogP) is 1.26. The Hall–Kier alpha value is -2.26. The highest BCUT2D eigenvalue weighted by Gasteiger charge is 2.24. The lowest BCUT2D eigenvalue weighted by Crippen LogP contribution is -2.34. The van der Waals surface area contributed by atoms with Crippen LogP contribution in [-0.2, 0) is 19.6 Å². The van der Waals surface area contributed by atoms with Crippen molar-refractivity contribution < 1.29 is 18.0 Å². The van der Waals surface area contributed by atoms with Gasteiger partial charge in [0, 0.05) is 38.7 Å². The molecule has 0 saturated carbocycles. The van der Waals surface area contributed by atoms with E-state index in [4.69, 9.17) is 0 Å². The number of nitrogens with one attached hydrogen (secondary N) is 1. The molecule has 2 rings (SSSR count). The van der Waals surface area contributed by atoms with Gasteiger partial charge in [-0.3, -0.25) is 9.59 Å². The number of benzene rings is 1. The average Bonchev–Trinajstić information content (AvgIpc) is 2.58. The third-order valence-electron chi connectivity index (χ3n) is 3.90. The summed E-state index contributed by atoms with van der Waals surface area (Å²) in [6.45, 7) is 4.27. The van der Waals surface area contributed by atoms with E-state index in [1.54, 1.807) is 26.0 Å². The second kappa shape index (κ2) is 7.75. The number of amides is 2. The molecule has 1 N–H and O–H groups in total. The molecule has 0 bridgehead atoms. The van der Waals surface area contributed by atoms with Crippen molar-refractivity contribution >= 4 is 33.2 Å². The maximum atomic E-state index is 12.6. The second-order valence-corrected chi connectivity index (χ2v) is 7.47. The lowest BCUT2D eigenvalue weighted by molar-refractivity contribution is -0.130. The Balaban J connectivity index is 2.21. The molecule has 2 amide bonds. The van der Waals surface area contributed by atoms with Crippen molar-refractivity contribution in [1.29, 1.82) is 0 Å². The molecular formula is C16H22N4O4S. The molecular weight excluding hydrogens is 344 g/mol. The summed E-state index contributed by atoms with van der Waals surface area (Å²) in [5.74, 6) is -0.597. The summed E-state index contributed by atoms with van der Waals surface area (Å²) in [5, 5.41) is 7.73. The van der Waals surface area contributed by atoms with Gasteiger partial charge >= 0.3 is 0 Å². The topological polar surface area (TPSA) is 99.2 Å². The van der Waals surface area contributed by atoms with Gasteiger partial charge in [0.25, 0.3) is 5.91 Å². The van der Waals surface area contributed by atoms with E-state index in [0.29, 0.717) is 18.8 Å². The van der Waals surface area contributed by atoms with Crippen LogP contribution in [0.15, 0.2) is 34.3 Å². The van der Waals surface area contributed by atoms with Crippen molar-refractivity contribution in [1.82, 2.24) is 9.31 Å². The molecule has 1 aromatic carbocycles. The van der Waals surface area contributed by atoms with Crippen LogP contribution < -0.4 is 5.32 Å². The molecule has 0 unspecified atom stereocenters. The van der Waals surface area contributed by atoms with Crippen molar-refractivity contribution in [2.24, 2.45) is 5.10 Å². The first-order valence-electron chi connectivity index (χ1n) is 8.05. The molecule has 136 valence electrons. The zero-order valence-electron chi connectivity index (χ0n) is 14.5. The molecule has 0 atom stereocenters. The van der Waals surface area contributed by atoms with Gasteiger partial charge in [-0.05, 0) is 18.2 Å². The fourth-order valence-electron chi connectivity index (χ4n) is 2.48. The van der Waals surface area contributed by atoms with Crippen LogP contribution in [0.2, 0.25) is 0 Å². The fraction of sp³-hybridized carbons (Fsp3) is 0.438. The first kappa shape index (κ1) is 19.1. The quantitative estimate of drug-likeness (QED) is 0.819. The normalized spacial score (nSPS) is 15.3. The Morgan fingerprint density at radius 2 is 1.96 bits per heavy atom. The molecule has 1 aliphatic rings. The number of hydrogen-bond donors (Lipinski definition) is 1. The van der Waals surface area contributed by atoms with Gasteiger partial charge in [0.1, 0.15) is 5.71 Å². The summed E-state index contributed by atoms with van der Waals surface area (Å²) in [4.78, 5) is 23.8. The monoisotopic (exact) mass is 366 g/mol. The maximum absolute atomic E-state index is 12.6. The molecule has 9 heteroatoms. The molecule has 1 aliphatic heterocycles. The van der Waals surface area contributed by atoms with Crippen molar-refractivity contribution in [3.05, 3.63) is 24.3 Å². The minimum atomic E-state index is -3.60. The van der Waals surface area contributed by atoms with E-state index in [9.17, 15) is 18.0 Å². The fourth-order valence-corrected chi connectivity index (χ4v) is 3.99. The second-order valence-electron chi connectivity index (χ2n) is 5.54. The number of carbonyl (C=O) groups excluding carboxylic acids is 2. The largest absolute Gasteiger partial charge is 0.321 e. The molecule has 0 spiro atoms. The summed E-state index contributed by atoms with van der Waals surface area (Å²) in [6.07, 6.45) is 0.478. The van der Waals surface area contributed by atoms with Gasteiger partial charge in [0.15, 0.2) is 0 Å². The molecule has 0 aliphatic carbocycles. The van der Waals surface area contributed by atoms with E-state index < -0.39 is 15.9 Å². The summed E-state index contributed by atoms with van der Waals surface area (Å²) in [7, 11) is -2.11. The van der Waals surface area contributed by atoms with Crippen molar-refractivity contribution in [3.8, 4) is 0 Å². The first-order chi connectivity index (χ1) is 11.8. The minimum Gasteiger partial charge on any atom is -0.321 e. The summed E-state index contributed by atoms with van der Waals surface area (Å²) in [5.41, 5.74) is 0.597. The highest BCUT2D eigenvalue weighted by molar-refractivity contribution is 7.89. The number of rotatable bonds is 6. The van der Waals surface area contributed by atoms with Gasteiger partial charge in [-0.25, -0.2) is 13.4 Å². The van der Waals surface area contributed by atoms with Gasteiger partial charge in [0.05, 0.1) is 4.90 Å². The Bertz CT molecular complexity index is 800. The molecule has 8 nitrogen and oxygen atoms in total. The molecule has 0 aromatic heterocycles. The lowest BCUT2D eigenvalue weighted by Gasteiger charge is -2.20. The van der Waals surface area contributed by atoms with Crippen LogP contribution in [0.25, 0.3) is 0 Å². The standard InChI is InChI=1S/C16H22N4O4S/c1-4-20(5-2)25(23,24)13-8-6-7-12(11-13)17-16(22)14-9-10-15(21)19(3)18-14/h6-8,11H,4-5,9-10H2,1-3H3,(H,17,22). The van der Waals surface area contributed by atoms with Crippen LogP contribution in [-0.4, -0.2) is 55.4 Å². The number of hydrazone groups is 1. The van der Waals surface area contributed by atoms with E-state index >= 15 is 0 Å². The number of hydrogen-bond acceptors (Lipinski definition) is 5. The number of nitrogens with zero attached hydrogens (tertiary/aromatic N) is 3. The van der Waals surface area contributed by atoms with E-state index in [2.05, 4.69) is 10.4 Å². The molecule has 1 aromatic rings. The van der Waals surface area contributed by atoms with E-state index in [0.717, 1.165) is 5.01 Å². The summed E-state index contributed by atoms with van der Waals surface area (Å²) >= 11 is 0. The van der Waals surface area contributed by atoms with Crippen LogP contribution >= 0.6 is 0 Å². The minimum absolute atomic E-state index is 0.117. The Morgan fingerprint density at radius 3 is 2.56 bits per heavy atom. The molecule has 1 heterocycles. The lowest BCUT2D eigenvalue weighted by atomic mass is 10.1. The average molecular weight is 366 g/mol. The van der Waals surface area contributed by atoms with Crippen molar-refractivity contribution in [2.45, 2.75) is 31.6 Å². The zero-order valence-corrected chi connectivity index (χ0v) is 15.3. The molecule has 0 fully saturated rings. The Kier molecular flexibility index (Phi) is 5.91. The third kappa shape index (κ3) is 4.23. The van der Waals surface area contributed by atoms with E-state index in [1.165, 1.54) is 23.5 Å². The molecule has 0 saturated heterocycles. The van der Waals surface area contributed by atoms with Gasteiger partial charge < -0.3 is 5.32 Å². The Morgan fingerprint density at radius 1 is 1.28 bits per heavy atom. The SMILES string of the molecule is CCN(CC)S(=O)(=O)c1cccc(NC(=O)C2=NN(C)C(=O)CC2)c1. The number of anilines is 1. The van der Waals surface area contributed by atoms with Crippen molar-refractivity contribution in [2.75, 3.05) is 25.5 Å². The first-order valence-corrected chi connectivity index (χ1v) is 9.49. The molecule has 0 radical (unpaired) electrons. The third-order valence-corrected chi connectivity index (χ3v) is 5.95. The highest BCUT2D eigenvalue weighted by atomic mass is 32.2. The summed E-state index contributed by atoms with van der Waals surface area (Å²) < 4.78 is 26.5. The van der Waals surface area contributed by atoms with Crippen LogP contribution in [0.3, 0.4) is 0 Å². The van der Waals surface area contributed by atoms with E-state index in [-0.39, 0.29) is 29.4 Å². The van der Waals surface area contributed by atoms with Crippen molar-refractivity contribution in [3.63, 3.8) is 0 Å². The van der Waals surface area contributed by atoms with Gasteiger partial charge in [-0.1, -0.05) is 19.9 Å². The van der Waals surface area contributed by atoms with Crippen LogP contribution in [0.4, 0.5) is 5.69 Å². The Labute approximate surface area is 147 Å². The van der Waals surface area contributed by atoms with Crippen LogP contribution in [0.5, 0.6) is 0 Å². The maximum Gasteiger partial charge on any atom is 0.271 e. The highest BCUT2D eigenvalue weighted by Crippen LogP contribution is 2.20. The summed E-state index contributed by atoms with van der Waals surface area (Å²) in [6, 6.07) is 6.10. The van der Waals surface area contributed by atoms with Crippen LogP contribution in [0, 0.1) is 0 Å². The van der Waals surface area contributed by atoms with Gasteiger partial charge in [-0.2, -0.15) is 9.41 Å². The van der Waals surface area contributed by atoms with Gasteiger partial charge in [0.2, 0.25) is 15.9 Å². The van der Waals surface area contributed by atoms with Crippen LogP contribution in [0.1, 0.15) is 26.7 Å². The van der Waals surface area contributed by atoms with Gasteiger partial charge in [-0.15, -0.1) is 0 Å². The smallest absolute Gasteiger partial charge is 0.271 e. The predicted molar refractivity (Wildman–Crippen MR) is 94.6 cm³/mol.